The minimum Gasteiger partial charge on any atom is -0.402 e. The van der Waals surface area contributed by atoms with Crippen LogP contribution in [0.3, 0.4) is 0 Å². The van der Waals surface area contributed by atoms with Crippen molar-refractivity contribution in [3.05, 3.63) is 86.5 Å². The van der Waals surface area contributed by atoms with Crippen molar-refractivity contribution in [1.29, 1.82) is 0 Å². The normalized spacial score (nSPS) is 23.8. The number of nitrogens with zero attached hydrogens (tertiary/aromatic N) is 2. The summed E-state index contributed by atoms with van der Waals surface area (Å²) in [6.45, 7) is 12.8. The molecule has 4 N–H and O–H groups in total. The highest BCUT2D eigenvalue weighted by atomic mass is 32.1. The number of rotatable bonds is 12. The number of hydrazine groups is 1. The van der Waals surface area contributed by atoms with E-state index in [-0.39, 0.29) is 11.9 Å². The van der Waals surface area contributed by atoms with Gasteiger partial charge in [-0.25, -0.2) is 14.8 Å². The summed E-state index contributed by atoms with van der Waals surface area (Å²) in [6.07, 6.45) is 21.8. The average molecular weight is 627 g/mol. The summed E-state index contributed by atoms with van der Waals surface area (Å²) < 4.78 is 15.6. The van der Waals surface area contributed by atoms with E-state index < -0.39 is 0 Å². The van der Waals surface area contributed by atoms with Crippen molar-refractivity contribution in [1.82, 2.24) is 26.7 Å². The Morgan fingerprint density at radius 2 is 2.07 bits per heavy atom. The van der Waals surface area contributed by atoms with Gasteiger partial charge in [-0.3, -0.25) is 0 Å². The van der Waals surface area contributed by atoms with E-state index in [9.17, 15) is 4.39 Å². The predicted molar refractivity (Wildman–Crippen MR) is 184 cm³/mol. The Hall–Kier alpha value is -2.68. The lowest BCUT2D eigenvalue weighted by Crippen LogP contribution is -2.51. The zero-order valence-corrected chi connectivity index (χ0v) is 27.8. The highest BCUT2D eigenvalue weighted by Gasteiger charge is 2.25. The van der Waals surface area contributed by atoms with Crippen molar-refractivity contribution in [3.63, 3.8) is 0 Å². The molecule has 43 heavy (non-hydrogen) atoms. The van der Waals surface area contributed by atoms with Crippen LogP contribution in [0.2, 0.25) is 0 Å². The lowest BCUT2D eigenvalue weighted by Gasteiger charge is -2.31. The van der Waals surface area contributed by atoms with Crippen LogP contribution in [-0.4, -0.2) is 36.4 Å². The number of hydrogen-bond acceptors (Lipinski definition) is 8. The Bertz CT molecular complexity index is 1360. The summed E-state index contributed by atoms with van der Waals surface area (Å²) in [6, 6.07) is 0.162. The van der Waals surface area contributed by atoms with E-state index in [4.69, 9.17) is 4.84 Å². The third kappa shape index (κ3) is 11.7. The van der Waals surface area contributed by atoms with E-state index in [1.807, 2.05) is 30.7 Å². The first-order valence-corrected chi connectivity index (χ1v) is 16.7. The summed E-state index contributed by atoms with van der Waals surface area (Å²) in [4.78, 5) is 10.0. The highest BCUT2D eigenvalue weighted by molar-refractivity contribution is 7.22. The molecule has 3 unspecified atom stereocenters. The molecule has 2 aliphatic carbocycles. The summed E-state index contributed by atoms with van der Waals surface area (Å²) in [5, 5.41) is 10.2. The minimum atomic E-state index is -0.0582. The van der Waals surface area contributed by atoms with Gasteiger partial charge in [0.1, 0.15) is 12.1 Å². The fraction of sp³-hybridized carbons (Fsp3) is 0.455. The number of hydrazone groups is 1. The Morgan fingerprint density at radius 3 is 2.86 bits per heavy atom. The lowest BCUT2D eigenvalue weighted by atomic mass is 9.88. The number of hydrogen-bond donors (Lipinski definition) is 4. The van der Waals surface area contributed by atoms with Gasteiger partial charge in [-0.05, 0) is 98.2 Å². The molecule has 0 spiro atoms. The van der Waals surface area contributed by atoms with Crippen LogP contribution in [0.25, 0.3) is 12.2 Å². The number of fused-ring (bicyclic) bond motifs is 1. The zero-order chi connectivity index (χ0) is 30.9. The highest BCUT2D eigenvalue weighted by Crippen LogP contribution is 2.35. The number of piperidine rings is 1. The summed E-state index contributed by atoms with van der Waals surface area (Å²) in [5.74, 6) is 0.295. The Morgan fingerprint density at radius 1 is 1.26 bits per heavy atom. The molecule has 0 aromatic carbocycles. The smallest absolute Gasteiger partial charge is 0.122 e. The number of halogens is 1. The summed E-state index contributed by atoms with van der Waals surface area (Å²) in [7, 11) is 2.73. The minimum absolute atomic E-state index is 0.0582. The summed E-state index contributed by atoms with van der Waals surface area (Å²) >= 11 is 1.66. The van der Waals surface area contributed by atoms with Crippen LogP contribution in [0.4, 0.5) is 4.39 Å². The SMILES string of the molecule is C=C(/C=C\ONNC1CNCC(CC2=C(P)CCC=C2F)C1)C(=N\NC/C=C\C)/C1=C/C=c2/ncs/c2=C/CC1.CCC. The molecule has 1 aromatic rings. The van der Waals surface area contributed by atoms with Gasteiger partial charge in [0.25, 0.3) is 0 Å². The molecule has 7 nitrogen and oxygen atoms in total. The van der Waals surface area contributed by atoms with Gasteiger partial charge in [-0.1, -0.05) is 56.7 Å². The molecule has 0 bridgehead atoms. The largest absolute Gasteiger partial charge is 0.402 e. The van der Waals surface area contributed by atoms with E-state index >= 15 is 0 Å². The van der Waals surface area contributed by atoms with Gasteiger partial charge in [-0.15, -0.1) is 20.6 Å². The molecule has 4 rings (SSSR count). The van der Waals surface area contributed by atoms with Crippen molar-refractivity contribution in [2.75, 3.05) is 19.6 Å². The zero-order valence-electron chi connectivity index (χ0n) is 25.8. The number of nitrogens with one attached hydrogen (secondary N) is 4. The monoisotopic (exact) mass is 626 g/mol. The molecule has 10 heteroatoms. The molecule has 0 amide bonds. The van der Waals surface area contributed by atoms with Crippen molar-refractivity contribution >= 4 is 38.4 Å². The lowest BCUT2D eigenvalue weighted by molar-refractivity contribution is 0.0711. The van der Waals surface area contributed by atoms with E-state index in [1.54, 1.807) is 29.8 Å². The van der Waals surface area contributed by atoms with E-state index in [0.29, 0.717) is 12.5 Å². The fourth-order valence-electron chi connectivity index (χ4n) is 4.95. The second-order valence-corrected chi connectivity index (χ2v) is 12.3. The standard InChI is InChI=1S/C30H40FN6OPS.C3H8/c1-3-4-14-34-36-30(23-7-5-10-29-27(12-11-23)33-20-40-29)21(2)13-15-38-37-35-24-16-22(18-32-19-24)17-25-26(31)8-6-9-28(25)39;1-3-2/h3-4,8,10-13,15,20,22,24,32,34-35,37H,2,5-7,9,14,16-19,39H2,1H3;3H2,1-2H3/b4-3-,15-13-,23-11+,27-12+,29-10+,36-30+;. The van der Waals surface area contributed by atoms with Gasteiger partial charge in [0.05, 0.1) is 27.6 Å². The first-order chi connectivity index (χ1) is 21.0. The molecule has 0 radical (unpaired) electrons. The van der Waals surface area contributed by atoms with Crippen LogP contribution in [-0.2, 0) is 4.84 Å². The van der Waals surface area contributed by atoms with Gasteiger partial charge in [0.2, 0.25) is 0 Å². The number of aromatic nitrogens is 1. The second kappa shape index (κ2) is 19.6. The van der Waals surface area contributed by atoms with Crippen LogP contribution >= 0.6 is 20.6 Å². The van der Waals surface area contributed by atoms with Gasteiger partial charge in [0, 0.05) is 12.6 Å². The maximum Gasteiger partial charge on any atom is 0.122 e. The van der Waals surface area contributed by atoms with E-state index in [2.05, 4.69) is 73.7 Å². The van der Waals surface area contributed by atoms with Crippen molar-refractivity contribution in [2.24, 2.45) is 11.0 Å². The van der Waals surface area contributed by atoms with Crippen molar-refractivity contribution in [3.8, 4) is 0 Å². The third-order valence-corrected chi connectivity index (χ3v) is 8.54. The second-order valence-electron chi connectivity index (χ2n) is 10.7. The van der Waals surface area contributed by atoms with E-state index in [0.717, 1.165) is 84.7 Å². The third-order valence-electron chi connectivity index (χ3n) is 7.06. The van der Waals surface area contributed by atoms with Crippen LogP contribution in [0.5, 0.6) is 0 Å². The molecular formula is C33H48FN6OPS. The maximum atomic E-state index is 14.3. The van der Waals surface area contributed by atoms with Crippen LogP contribution in [0.15, 0.2) is 81.7 Å². The van der Waals surface area contributed by atoms with E-state index in [1.165, 1.54) is 11.0 Å². The molecule has 3 atom stereocenters. The first-order valence-electron chi connectivity index (χ1n) is 15.3. The molecule has 1 aromatic heterocycles. The quantitative estimate of drug-likeness (QED) is 0.0460. The summed E-state index contributed by atoms with van der Waals surface area (Å²) in [5.41, 5.74) is 14.5. The van der Waals surface area contributed by atoms with Crippen LogP contribution in [0.1, 0.15) is 65.7 Å². The first kappa shape index (κ1) is 34.8. The number of allylic oxidation sites excluding steroid dienone is 9. The molecule has 2 heterocycles. The maximum absolute atomic E-state index is 14.3. The van der Waals surface area contributed by atoms with Crippen LogP contribution < -0.4 is 31.6 Å². The van der Waals surface area contributed by atoms with Crippen molar-refractivity contribution in [2.45, 2.75) is 71.8 Å². The molecule has 234 valence electrons. The average Bonchev–Trinajstić information content (AvgIpc) is 3.42. The van der Waals surface area contributed by atoms with Gasteiger partial charge < -0.3 is 15.6 Å². The van der Waals surface area contributed by atoms with Crippen LogP contribution in [0, 0.1) is 5.92 Å². The molecule has 1 saturated heterocycles. The predicted octanol–water partition coefficient (Wildman–Crippen LogP) is 5.60. The molecule has 1 aliphatic heterocycles. The molecule has 1 fully saturated rings. The number of thiazole rings is 1. The Kier molecular flexibility index (Phi) is 15.8. The molecule has 3 aliphatic rings. The Balaban J connectivity index is 0.00000162. The van der Waals surface area contributed by atoms with Gasteiger partial charge >= 0.3 is 0 Å². The Labute approximate surface area is 262 Å². The topological polar surface area (TPSA) is 82.6 Å². The van der Waals surface area contributed by atoms with Gasteiger partial charge in [-0.2, -0.15) is 5.10 Å². The van der Waals surface area contributed by atoms with Gasteiger partial charge in [0.15, 0.2) is 0 Å². The molecule has 0 saturated carbocycles. The fourth-order valence-corrected chi connectivity index (χ4v) is 6.11. The van der Waals surface area contributed by atoms with Crippen molar-refractivity contribution < 1.29 is 9.23 Å². The molecular weight excluding hydrogens is 578 g/mol.